The Bertz CT molecular complexity index is 1160. The smallest absolute Gasteiger partial charge is 0.408 e. The van der Waals surface area contributed by atoms with Gasteiger partial charge in [0.15, 0.2) is 0 Å². The molecule has 2 N–H and O–H groups in total. The second kappa shape index (κ2) is 10.2. The normalized spacial score (nSPS) is 18.6. The van der Waals surface area contributed by atoms with E-state index in [0.717, 1.165) is 16.8 Å². The van der Waals surface area contributed by atoms with E-state index in [2.05, 4.69) is 15.2 Å². The SMILES string of the molecule is CCC1(c2ccc(F)cc2)CN(Cc2cccnc2Nc2cc(Cl)cc(Cl)c2)CCN1C(=O)O. The van der Waals surface area contributed by atoms with Gasteiger partial charge in [0.25, 0.3) is 0 Å². The number of pyridine rings is 1. The van der Waals surface area contributed by atoms with Gasteiger partial charge in [-0.15, -0.1) is 0 Å². The minimum absolute atomic E-state index is 0.341. The van der Waals surface area contributed by atoms with Crippen molar-refractivity contribution in [1.82, 2.24) is 14.8 Å². The Kier molecular flexibility index (Phi) is 7.26. The van der Waals surface area contributed by atoms with E-state index in [-0.39, 0.29) is 5.82 Å². The van der Waals surface area contributed by atoms with Crippen molar-refractivity contribution in [2.45, 2.75) is 25.4 Å². The van der Waals surface area contributed by atoms with E-state index in [0.29, 0.717) is 48.5 Å². The molecule has 1 saturated heterocycles. The third-order valence-electron chi connectivity index (χ3n) is 6.25. The summed E-state index contributed by atoms with van der Waals surface area (Å²) in [5, 5.41) is 14.3. The number of hydrogen-bond donors (Lipinski definition) is 2. The first-order valence-corrected chi connectivity index (χ1v) is 11.7. The fourth-order valence-electron chi connectivity index (χ4n) is 4.60. The number of piperazine rings is 1. The highest BCUT2D eigenvalue weighted by atomic mass is 35.5. The van der Waals surface area contributed by atoms with Crippen molar-refractivity contribution in [3.63, 3.8) is 0 Å². The number of rotatable bonds is 6. The Morgan fingerprint density at radius 3 is 2.50 bits per heavy atom. The highest BCUT2D eigenvalue weighted by Gasteiger charge is 2.44. The van der Waals surface area contributed by atoms with Crippen LogP contribution in [0.25, 0.3) is 0 Å². The summed E-state index contributed by atoms with van der Waals surface area (Å²) in [6.07, 6.45) is 1.28. The maximum atomic E-state index is 13.6. The summed E-state index contributed by atoms with van der Waals surface area (Å²) < 4.78 is 13.6. The molecule has 6 nitrogen and oxygen atoms in total. The zero-order chi connectivity index (χ0) is 24.3. The highest BCUT2D eigenvalue weighted by molar-refractivity contribution is 6.35. The van der Waals surface area contributed by atoms with Crippen molar-refractivity contribution in [2.75, 3.05) is 25.0 Å². The quantitative estimate of drug-likeness (QED) is 0.409. The molecule has 1 unspecified atom stereocenters. The average Bonchev–Trinajstić information content (AvgIpc) is 2.80. The molecule has 1 aromatic heterocycles. The summed E-state index contributed by atoms with van der Waals surface area (Å²) in [6, 6.07) is 15.2. The van der Waals surface area contributed by atoms with Crippen LogP contribution in [0.5, 0.6) is 0 Å². The summed E-state index contributed by atoms with van der Waals surface area (Å²) in [6.45, 7) is 3.89. The van der Waals surface area contributed by atoms with Crippen LogP contribution in [-0.2, 0) is 12.1 Å². The lowest BCUT2D eigenvalue weighted by atomic mass is 9.83. The van der Waals surface area contributed by atoms with Crippen LogP contribution in [0.1, 0.15) is 24.5 Å². The van der Waals surface area contributed by atoms with Crippen LogP contribution in [-0.4, -0.2) is 45.6 Å². The van der Waals surface area contributed by atoms with Gasteiger partial charge in [0.05, 0.1) is 5.54 Å². The molecule has 1 aliphatic heterocycles. The molecular formula is C25H25Cl2FN4O2. The first-order valence-electron chi connectivity index (χ1n) is 11.0. The van der Waals surface area contributed by atoms with Gasteiger partial charge < -0.3 is 10.4 Å². The molecular weight excluding hydrogens is 478 g/mol. The van der Waals surface area contributed by atoms with Crippen LogP contribution in [0.4, 0.5) is 20.7 Å². The molecule has 1 aliphatic rings. The molecule has 1 fully saturated rings. The van der Waals surface area contributed by atoms with Crippen molar-refractivity contribution in [1.29, 1.82) is 0 Å². The van der Waals surface area contributed by atoms with Crippen molar-refractivity contribution >= 4 is 40.8 Å². The Balaban J connectivity index is 1.61. The highest BCUT2D eigenvalue weighted by Crippen LogP contribution is 2.37. The molecule has 9 heteroatoms. The van der Waals surface area contributed by atoms with Crippen molar-refractivity contribution in [3.05, 3.63) is 87.8 Å². The number of hydrogen-bond acceptors (Lipinski definition) is 4. The number of carbonyl (C=O) groups is 1. The number of carboxylic acid groups (broad SMARTS) is 1. The van der Waals surface area contributed by atoms with E-state index >= 15 is 0 Å². The van der Waals surface area contributed by atoms with Crippen LogP contribution >= 0.6 is 23.2 Å². The van der Waals surface area contributed by atoms with E-state index in [1.165, 1.54) is 17.0 Å². The molecule has 2 aromatic carbocycles. The van der Waals surface area contributed by atoms with Gasteiger partial charge in [-0.3, -0.25) is 9.80 Å². The molecule has 0 aliphatic carbocycles. The Hall–Kier alpha value is -2.87. The lowest BCUT2D eigenvalue weighted by Gasteiger charge is -2.49. The molecule has 34 heavy (non-hydrogen) atoms. The number of amides is 1. The van der Waals surface area contributed by atoms with Gasteiger partial charge in [0.1, 0.15) is 11.6 Å². The van der Waals surface area contributed by atoms with E-state index in [1.807, 2.05) is 19.1 Å². The molecule has 178 valence electrons. The second-order valence-corrected chi connectivity index (χ2v) is 9.20. The van der Waals surface area contributed by atoms with Gasteiger partial charge in [-0.1, -0.05) is 48.3 Å². The maximum Gasteiger partial charge on any atom is 0.408 e. The van der Waals surface area contributed by atoms with E-state index < -0.39 is 11.6 Å². The Labute approximate surface area is 207 Å². The van der Waals surface area contributed by atoms with Gasteiger partial charge in [0, 0.05) is 53.7 Å². The third kappa shape index (κ3) is 5.12. The maximum absolute atomic E-state index is 13.6. The lowest BCUT2D eigenvalue weighted by molar-refractivity contribution is -0.00250. The minimum Gasteiger partial charge on any atom is -0.465 e. The van der Waals surface area contributed by atoms with Gasteiger partial charge >= 0.3 is 6.09 Å². The summed E-state index contributed by atoms with van der Waals surface area (Å²) in [5.74, 6) is 0.321. The predicted molar refractivity (Wildman–Crippen MR) is 132 cm³/mol. The third-order valence-corrected chi connectivity index (χ3v) is 6.69. The molecule has 1 atom stereocenters. The molecule has 0 saturated carbocycles. The predicted octanol–water partition coefficient (Wildman–Crippen LogP) is 6.37. The van der Waals surface area contributed by atoms with Crippen molar-refractivity contribution in [3.8, 4) is 0 Å². The number of halogens is 3. The number of nitrogens with one attached hydrogen (secondary N) is 1. The molecule has 3 aromatic rings. The van der Waals surface area contributed by atoms with Gasteiger partial charge in [-0.2, -0.15) is 0 Å². The first-order chi connectivity index (χ1) is 16.3. The second-order valence-electron chi connectivity index (χ2n) is 8.33. The molecule has 4 rings (SSSR count). The van der Waals surface area contributed by atoms with Crippen LogP contribution in [0.15, 0.2) is 60.8 Å². The van der Waals surface area contributed by atoms with Crippen molar-refractivity contribution < 1.29 is 14.3 Å². The van der Waals surface area contributed by atoms with E-state index in [4.69, 9.17) is 23.2 Å². The number of benzene rings is 2. The Morgan fingerprint density at radius 1 is 1.15 bits per heavy atom. The summed E-state index contributed by atoms with van der Waals surface area (Å²) in [5.41, 5.74) is 1.67. The molecule has 0 bridgehead atoms. The summed E-state index contributed by atoms with van der Waals surface area (Å²) >= 11 is 12.3. The fourth-order valence-corrected chi connectivity index (χ4v) is 5.13. The molecule has 0 radical (unpaired) electrons. The Morgan fingerprint density at radius 2 is 1.85 bits per heavy atom. The van der Waals surface area contributed by atoms with Crippen LogP contribution in [0.3, 0.4) is 0 Å². The van der Waals surface area contributed by atoms with Crippen LogP contribution in [0.2, 0.25) is 10.0 Å². The lowest BCUT2D eigenvalue weighted by Crippen LogP contribution is -2.61. The minimum atomic E-state index is -0.979. The molecule has 1 amide bonds. The summed E-state index contributed by atoms with van der Waals surface area (Å²) in [4.78, 5) is 20.3. The van der Waals surface area contributed by atoms with E-state index in [9.17, 15) is 14.3 Å². The van der Waals surface area contributed by atoms with Gasteiger partial charge in [0.2, 0.25) is 0 Å². The van der Waals surface area contributed by atoms with Gasteiger partial charge in [-0.25, -0.2) is 14.2 Å². The molecule has 0 spiro atoms. The first kappa shape index (κ1) is 24.3. The zero-order valence-electron chi connectivity index (χ0n) is 18.6. The van der Waals surface area contributed by atoms with Crippen molar-refractivity contribution in [2.24, 2.45) is 0 Å². The van der Waals surface area contributed by atoms with Gasteiger partial charge in [-0.05, 0) is 48.4 Å². The zero-order valence-corrected chi connectivity index (χ0v) is 20.2. The monoisotopic (exact) mass is 502 g/mol. The number of nitrogens with zero attached hydrogens (tertiary/aromatic N) is 3. The molecule has 2 heterocycles. The number of aromatic nitrogens is 1. The number of anilines is 2. The summed E-state index contributed by atoms with van der Waals surface area (Å²) in [7, 11) is 0. The average molecular weight is 503 g/mol. The standard InChI is InChI=1S/C25H25Cl2FN4O2/c1-2-25(18-5-7-21(28)8-6-18)16-31(10-11-32(25)24(33)34)15-17-4-3-9-29-23(17)30-22-13-19(26)12-20(27)14-22/h3-9,12-14H,2,10-11,15-16H2,1H3,(H,29,30)(H,33,34). The van der Waals surface area contributed by atoms with Crippen LogP contribution in [0, 0.1) is 5.82 Å². The van der Waals surface area contributed by atoms with Crippen LogP contribution < -0.4 is 5.32 Å². The van der Waals surface area contributed by atoms with E-state index in [1.54, 1.807) is 36.5 Å². The largest absolute Gasteiger partial charge is 0.465 e. The topological polar surface area (TPSA) is 68.7 Å². The fraction of sp³-hybridized carbons (Fsp3) is 0.280.